The lowest BCUT2D eigenvalue weighted by molar-refractivity contribution is -0.383. The molecule has 1 aliphatic rings. The van der Waals surface area contributed by atoms with Gasteiger partial charge in [-0.25, -0.2) is 0 Å². The van der Waals surface area contributed by atoms with Crippen molar-refractivity contribution >= 4 is 23.0 Å². The number of β-amino-alcohol motifs (C(OH)–C–C–N with tert-alkyl or cyclic N) is 1. The summed E-state index contributed by atoms with van der Waals surface area (Å²) < 4.78 is 0. The second kappa shape index (κ2) is 4.02. The third kappa shape index (κ3) is 1.92. The predicted octanol–water partition coefficient (Wildman–Crippen LogP) is 0.275. The van der Waals surface area contributed by atoms with Crippen molar-refractivity contribution in [1.82, 2.24) is 0 Å². The molecule has 1 fully saturated rings. The number of carbonyl (C=O) groups excluding carboxylic acids is 1. The molecule has 1 unspecified atom stereocenters. The smallest absolute Gasteiger partial charge is 0.294 e. The summed E-state index contributed by atoms with van der Waals surface area (Å²) in [5, 5.41) is 20.1. The van der Waals surface area contributed by atoms with Gasteiger partial charge in [0, 0.05) is 6.07 Å². The summed E-state index contributed by atoms with van der Waals surface area (Å²) in [6.07, 6.45) is -0.733. The second-order valence-electron chi connectivity index (χ2n) is 3.83. The highest BCUT2D eigenvalue weighted by Crippen LogP contribution is 2.33. The number of aliphatic hydroxyl groups excluding tert-OH is 1. The van der Waals surface area contributed by atoms with Gasteiger partial charge in [-0.05, 0) is 6.07 Å². The summed E-state index contributed by atoms with van der Waals surface area (Å²) in [6, 6.07) is 4.26. The molecule has 1 aromatic rings. The fourth-order valence-electron chi connectivity index (χ4n) is 1.86. The molecule has 17 heavy (non-hydrogen) atoms. The molecule has 7 nitrogen and oxygen atoms in total. The fraction of sp³-hybridized carbons (Fsp3) is 0.300. The Balaban J connectivity index is 2.43. The molecule has 1 atom stereocenters. The number of anilines is 2. The van der Waals surface area contributed by atoms with Crippen LogP contribution in [0, 0.1) is 10.1 Å². The first-order chi connectivity index (χ1) is 8.00. The maximum absolute atomic E-state index is 11.6. The van der Waals surface area contributed by atoms with E-state index < -0.39 is 11.0 Å². The van der Waals surface area contributed by atoms with Gasteiger partial charge in [0.2, 0.25) is 5.91 Å². The molecular formula is C10H11N3O4. The molecule has 7 heteroatoms. The Bertz CT molecular complexity index is 488. The van der Waals surface area contributed by atoms with E-state index in [1.807, 2.05) is 0 Å². The highest BCUT2D eigenvalue weighted by molar-refractivity contribution is 5.99. The number of nitrogens with zero attached hydrogens (tertiary/aromatic N) is 2. The van der Waals surface area contributed by atoms with Crippen LogP contribution in [0.5, 0.6) is 0 Å². The first kappa shape index (κ1) is 11.3. The summed E-state index contributed by atoms with van der Waals surface area (Å²) in [5.74, 6) is -0.287. The minimum Gasteiger partial charge on any atom is -0.391 e. The topological polar surface area (TPSA) is 110 Å². The Kier molecular flexibility index (Phi) is 2.68. The van der Waals surface area contributed by atoms with Crippen LogP contribution in [0.2, 0.25) is 0 Å². The van der Waals surface area contributed by atoms with Gasteiger partial charge in [-0.3, -0.25) is 14.9 Å². The summed E-state index contributed by atoms with van der Waals surface area (Å²) in [6.45, 7) is 0.115. The van der Waals surface area contributed by atoms with Crippen molar-refractivity contribution in [2.24, 2.45) is 0 Å². The Labute approximate surface area is 96.6 Å². The highest BCUT2D eigenvalue weighted by atomic mass is 16.6. The van der Waals surface area contributed by atoms with E-state index in [0.717, 1.165) is 0 Å². The molecule has 0 aliphatic carbocycles. The number of aliphatic hydroxyl groups is 1. The predicted molar refractivity (Wildman–Crippen MR) is 60.5 cm³/mol. The van der Waals surface area contributed by atoms with E-state index >= 15 is 0 Å². The minimum absolute atomic E-state index is 0.0160. The molecule has 90 valence electrons. The van der Waals surface area contributed by atoms with Crippen molar-refractivity contribution in [3.05, 3.63) is 28.3 Å². The van der Waals surface area contributed by atoms with Crippen LogP contribution in [-0.2, 0) is 4.79 Å². The quantitative estimate of drug-likeness (QED) is 0.436. The monoisotopic (exact) mass is 237 g/mol. The van der Waals surface area contributed by atoms with Gasteiger partial charge in [-0.2, -0.15) is 0 Å². The van der Waals surface area contributed by atoms with Crippen LogP contribution < -0.4 is 10.6 Å². The molecule has 3 N–H and O–H groups in total. The third-order valence-corrected chi connectivity index (χ3v) is 2.65. The van der Waals surface area contributed by atoms with Gasteiger partial charge in [0.25, 0.3) is 5.69 Å². The number of rotatable bonds is 2. The zero-order valence-corrected chi connectivity index (χ0v) is 8.87. The zero-order chi connectivity index (χ0) is 12.6. The average Bonchev–Trinajstić information content (AvgIpc) is 2.57. The summed E-state index contributed by atoms with van der Waals surface area (Å²) >= 11 is 0. The number of para-hydroxylation sites is 1. The van der Waals surface area contributed by atoms with E-state index in [9.17, 15) is 20.0 Å². The number of amides is 1. The second-order valence-corrected chi connectivity index (χ2v) is 3.83. The number of nitro benzene ring substituents is 1. The number of nitrogen functional groups attached to an aromatic ring is 1. The van der Waals surface area contributed by atoms with Crippen LogP contribution in [0.15, 0.2) is 18.2 Å². The minimum atomic E-state index is -0.749. The molecule has 1 saturated heterocycles. The van der Waals surface area contributed by atoms with E-state index in [1.165, 1.54) is 23.1 Å². The molecular weight excluding hydrogens is 226 g/mol. The maximum atomic E-state index is 11.6. The van der Waals surface area contributed by atoms with E-state index in [-0.39, 0.29) is 35.9 Å². The lowest BCUT2D eigenvalue weighted by Gasteiger charge is -2.17. The molecule has 1 heterocycles. The third-order valence-electron chi connectivity index (χ3n) is 2.65. The molecule has 0 spiro atoms. The first-order valence-corrected chi connectivity index (χ1v) is 5.02. The SMILES string of the molecule is Nc1c(N2CC(O)CC2=O)cccc1[N+](=O)[O-]. The molecule has 0 aromatic heterocycles. The highest BCUT2D eigenvalue weighted by Gasteiger charge is 2.31. The van der Waals surface area contributed by atoms with Gasteiger partial charge in [0.15, 0.2) is 0 Å². The molecule has 1 aliphatic heterocycles. The van der Waals surface area contributed by atoms with Gasteiger partial charge in [-0.1, -0.05) is 6.07 Å². The van der Waals surface area contributed by atoms with Gasteiger partial charge in [0.05, 0.1) is 29.7 Å². The van der Waals surface area contributed by atoms with Crippen molar-refractivity contribution < 1.29 is 14.8 Å². The molecule has 1 aromatic carbocycles. The van der Waals surface area contributed by atoms with Crippen LogP contribution in [-0.4, -0.2) is 28.6 Å². The molecule has 0 radical (unpaired) electrons. The van der Waals surface area contributed by atoms with Gasteiger partial charge in [-0.15, -0.1) is 0 Å². The molecule has 0 bridgehead atoms. The van der Waals surface area contributed by atoms with E-state index in [4.69, 9.17) is 5.73 Å². The van der Waals surface area contributed by atoms with Gasteiger partial charge in [0.1, 0.15) is 5.69 Å². The average molecular weight is 237 g/mol. The Morgan fingerprint density at radius 1 is 1.53 bits per heavy atom. The van der Waals surface area contributed by atoms with Crippen LogP contribution in [0.4, 0.5) is 17.1 Å². The van der Waals surface area contributed by atoms with Crippen molar-refractivity contribution in [1.29, 1.82) is 0 Å². The fourth-order valence-corrected chi connectivity index (χ4v) is 1.86. The lowest BCUT2D eigenvalue weighted by atomic mass is 10.2. The summed E-state index contributed by atoms with van der Waals surface area (Å²) in [4.78, 5) is 22.9. The number of hydrogen-bond acceptors (Lipinski definition) is 5. The van der Waals surface area contributed by atoms with E-state index in [1.54, 1.807) is 0 Å². The van der Waals surface area contributed by atoms with Crippen molar-refractivity contribution in [2.45, 2.75) is 12.5 Å². The number of hydrogen-bond donors (Lipinski definition) is 2. The van der Waals surface area contributed by atoms with Gasteiger partial charge >= 0.3 is 0 Å². The standard InChI is InChI=1S/C10H11N3O4/c11-10-7(2-1-3-8(10)13(16)17)12-5-6(14)4-9(12)15/h1-3,6,14H,4-5,11H2. The number of nitrogens with two attached hydrogens (primary N) is 1. The van der Waals surface area contributed by atoms with E-state index in [0.29, 0.717) is 0 Å². The molecule has 2 rings (SSSR count). The number of carbonyl (C=O) groups is 1. The van der Waals surface area contributed by atoms with Crippen molar-refractivity contribution in [3.63, 3.8) is 0 Å². The van der Waals surface area contributed by atoms with Crippen molar-refractivity contribution in [3.8, 4) is 0 Å². The Morgan fingerprint density at radius 3 is 2.76 bits per heavy atom. The van der Waals surface area contributed by atoms with E-state index in [2.05, 4.69) is 0 Å². The normalized spacial score (nSPS) is 19.7. The van der Waals surface area contributed by atoms with Crippen LogP contribution in [0.3, 0.4) is 0 Å². The number of nitro groups is 1. The Morgan fingerprint density at radius 2 is 2.24 bits per heavy atom. The zero-order valence-electron chi connectivity index (χ0n) is 8.87. The van der Waals surface area contributed by atoms with Crippen LogP contribution >= 0.6 is 0 Å². The molecule has 0 saturated carbocycles. The molecule has 1 amide bonds. The van der Waals surface area contributed by atoms with Gasteiger partial charge < -0.3 is 15.7 Å². The summed E-state index contributed by atoms with van der Waals surface area (Å²) in [7, 11) is 0. The first-order valence-electron chi connectivity index (χ1n) is 5.02. The largest absolute Gasteiger partial charge is 0.391 e. The van der Waals surface area contributed by atoms with Crippen LogP contribution in [0.1, 0.15) is 6.42 Å². The lowest BCUT2D eigenvalue weighted by Crippen LogP contribution is -2.26. The van der Waals surface area contributed by atoms with Crippen molar-refractivity contribution in [2.75, 3.05) is 17.2 Å². The Hall–Kier alpha value is -2.15. The number of benzene rings is 1. The van der Waals surface area contributed by atoms with Crippen LogP contribution in [0.25, 0.3) is 0 Å². The summed E-state index contributed by atoms with van der Waals surface area (Å²) in [5.41, 5.74) is 5.64. The maximum Gasteiger partial charge on any atom is 0.294 e.